The molecule has 0 bridgehead atoms. The zero-order valence-electron chi connectivity index (χ0n) is 19.4. The van der Waals surface area contributed by atoms with Crippen LogP contribution in [0.5, 0.6) is 17.2 Å². The van der Waals surface area contributed by atoms with Gasteiger partial charge in [-0.15, -0.1) is 0 Å². The van der Waals surface area contributed by atoms with Crippen LogP contribution < -0.4 is 14.6 Å². The van der Waals surface area contributed by atoms with Gasteiger partial charge in [-0.1, -0.05) is 84.5 Å². The second-order valence-corrected chi connectivity index (χ2v) is 10.6. The Balaban J connectivity index is 1.54. The monoisotopic (exact) mass is 476 g/mol. The number of methoxy groups -OCH3 is 1. The third-order valence-corrected chi connectivity index (χ3v) is 8.95. The molecule has 35 heavy (non-hydrogen) atoms. The van der Waals surface area contributed by atoms with Gasteiger partial charge in [0.15, 0.2) is 0 Å². The maximum Gasteiger partial charge on any atom is 0.131 e. The van der Waals surface area contributed by atoms with Gasteiger partial charge in [-0.05, 0) is 59.0 Å². The van der Waals surface area contributed by atoms with E-state index in [1.807, 2.05) is 30.3 Å². The highest BCUT2D eigenvalue weighted by atomic mass is 31.1. The molecule has 0 radical (unpaired) electrons. The Morgan fingerprint density at radius 1 is 0.857 bits per heavy atom. The third-order valence-electron chi connectivity index (χ3n) is 6.59. The second kappa shape index (κ2) is 9.09. The fraction of sp³-hybridized carbons (Fsp3) is 0.0968. The number of benzene rings is 4. The maximum absolute atomic E-state index is 10.0. The lowest BCUT2D eigenvalue weighted by atomic mass is 9.99. The molecule has 2 atom stereocenters. The Morgan fingerprint density at radius 2 is 1.63 bits per heavy atom. The van der Waals surface area contributed by atoms with Crippen LogP contribution in [0.2, 0.25) is 0 Å². The Kier molecular flexibility index (Phi) is 5.64. The first-order valence-corrected chi connectivity index (χ1v) is 13.0. The van der Waals surface area contributed by atoms with Gasteiger partial charge in [0.2, 0.25) is 0 Å². The van der Waals surface area contributed by atoms with Gasteiger partial charge >= 0.3 is 0 Å². The SMILES string of the molecule is COc1ccc(C(C2=Cc3ccc(O)cc3C=CC2)P2Oc3ccccc3-c3ccccc32)cc1. The summed E-state index contributed by atoms with van der Waals surface area (Å²) in [6, 6.07) is 30.9. The fourth-order valence-electron chi connectivity index (χ4n) is 4.90. The first-order chi connectivity index (χ1) is 17.2. The minimum atomic E-state index is -1.05. The first kappa shape index (κ1) is 21.7. The van der Waals surface area contributed by atoms with Gasteiger partial charge in [0.05, 0.1) is 12.8 Å². The number of fused-ring (bicyclic) bond motifs is 4. The first-order valence-electron chi connectivity index (χ1n) is 11.7. The highest BCUT2D eigenvalue weighted by Crippen LogP contribution is 2.60. The van der Waals surface area contributed by atoms with Gasteiger partial charge < -0.3 is 14.4 Å². The molecule has 0 fully saturated rings. The molecule has 172 valence electrons. The van der Waals surface area contributed by atoms with Gasteiger partial charge in [0.1, 0.15) is 25.4 Å². The van der Waals surface area contributed by atoms with Crippen LogP contribution in [0, 0.1) is 0 Å². The maximum atomic E-state index is 10.0. The van der Waals surface area contributed by atoms with Crippen molar-refractivity contribution >= 4 is 25.6 Å². The molecule has 0 aromatic heterocycles. The standard InChI is InChI=1S/C31H25O3P/c1-33-26-17-14-21(15-18-26)31(24-8-6-7-22-20-25(32)16-13-23(22)19-24)35-30-12-5-3-10-28(30)27-9-2-4-11-29(27)34-35/h2-7,9-20,31-32H,8H2,1H3. The van der Waals surface area contributed by atoms with Crippen molar-refractivity contribution in [3.8, 4) is 28.4 Å². The molecule has 2 unspecified atom stereocenters. The summed E-state index contributed by atoms with van der Waals surface area (Å²) >= 11 is 0. The molecule has 0 amide bonds. The van der Waals surface area contributed by atoms with Crippen molar-refractivity contribution in [1.29, 1.82) is 0 Å². The number of ether oxygens (including phenoxy) is 1. The van der Waals surface area contributed by atoms with Crippen LogP contribution in [-0.4, -0.2) is 12.2 Å². The van der Waals surface area contributed by atoms with Crippen molar-refractivity contribution < 1.29 is 14.4 Å². The van der Waals surface area contributed by atoms with Crippen LogP contribution in [0.4, 0.5) is 0 Å². The number of allylic oxidation sites excluding steroid dienone is 2. The van der Waals surface area contributed by atoms with E-state index in [-0.39, 0.29) is 11.4 Å². The van der Waals surface area contributed by atoms with E-state index < -0.39 is 8.15 Å². The van der Waals surface area contributed by atoms with E-state index in [1.165, 1.54) is 22.0 Å². The van der Waals surface area contributed by atoms with Crippen LogP contribution in [-0.2, 0) is 0 Å². The lowest BCUT2D eigenvalue weighted by molar-refractivity contribution is 0.414. The Morgan fingerprint density at radius 3 is 2.46 bits per heavy atom. The summed E-state index contributed by atoms with van der Waals surface area (Å²) < 4.78 is 12.3. The van der Waals surface area contributed by atoms with Gasteiger partial charge in [0, 0.05) is 10.9 Å². The summed E-state index contributed by atoms with van der Waals surface area (Å²) in [5.41, 5.74) is 7.06. The number of rotatable bonds is 4. The molecule has 1 aliphatic carbocycles. The minimum Gasteiger partial charge on any atom is -0.508 e. The molecule has 1 N–H and O–H groups in total. The molecular weight excluding hydrogens is 451 g/mol. The van der Waals surface area contributed by atoms with E-state index in [2.05, 4.69) is 72.8 Å². The number of aromatic hydroxyl groups is 1. The lowest BCUT2D eigenvalue weighted by Crippen LogP contribution is -2.19. The topological polar surface area (TPSA) is 38.7 Å². The van der Waals surface area contributed by atoms with Crippen molar-refractivity contribution in [1.82, 2.24) is 0 Å². The number of hydrogen-bond acceptors (Lipinski definition) is 3. The normalized spacial score (nSPS) is 16.6. The molecule has 1 heterocycles. The predicted octanol–water partition coefficient (Wildman–Crippen LogP) is 7.72. The quantitative estimate of drug-likeness (QED) is 0.307. The average Bonchev–Trinajstić information content (AvgIpc) is 3.11. The molecule has 4 heteroatoms. The summed E-state index contributed by atoms with van der Waals surface area (Å²) in [7, 11) is 0.643. The number of phenols is 1. The molecule has 3 nitrogen and oxygen atoms in total. The van der Waals surface area contributed by atoms with Gasteiger partial charge in [-0.25, -0.2) is 0 Å². The summed E-state index contributed by atoms with van der Waals surface area (Å²) in [5.74, 6) is 2.06. The molecule has 0 saturated carbocycles. The van der Waals surface area contributed by atoms with Crippen LogP contribution in [0.25, 0.3) is 23.3 Å². The molecular formula is C31H25O3P. The van der Waals surface area contributed by atoms with Crippen molar-refractivity contribution in [3.05, 3.63) is 119 Å². The Hall–Kier alpha value is -3.81. The summed E-state index contributed by atoms with van der Waals surface area (Å²) in [6.45, 7) is 0. The van der Waals surface area contributed by atoms with Crippen LogP contribution in [0.1, 0.15) is 28.8 Å². The number of phenolic OH excluding ortho intramolecular Hbond substituents is 1. The zero-order valence-corrected chi connectivity index (χ0v) is 20.3. The second-order valence-electron chi connectivity index (χ2n) is 8.75. The third kappa shape index (κ3) is 4.03. The Bertz CT molecular complexity index is 1450. The fourth-order valence-corrected chi connectivity index (χ4v) is 7.35. The summed E-state index contributed by atoms with van der Waals surface area (Å²) in [5, 5.41) is 11.3. The van der Waals surface area contributed by atoms with Crippen molar-refractivity contribution in [2.24, 2.45) is 0 Å². The lowest BCUT2D eigenvalue weighted by Gasteiger charge is -2.35. The molecule has 0 spiro atoms. The molecule has 1 aliphatic heterocycles. The number of hydrogen-bond donors (Lipinski definition) is 1. The van der Waals surface area contributed by atoms with E-state index in [0.29, 0.717) is 0 Å². The van der Waals surface area contributed by atoms with Crippen molar-refractivity contribution in [3.63, 3.8) is 0 Å². The molecule has 4 aromatic rings. The Labute approximate surface area is 206 Å². The highest BCUT2D eigenvalue weighted by Gasteiger charge is 2.36. The minimum absolute atomic E-state index is 0.0508. The molecule has 6 rings (SSSR count). The largest absolute Gasteiger partial charge is 0.508 e. The van der Waals surface area contributed by atoms with Gasteiger partial charge in [-0.3, -0.25) is 0 Å². The molecule has 2 aliphatic rings. The summed E-state index contributed by atoms with van der Waals surface area (Å²) in [4.78, 5) is 0. The van der Waals surface area contributed by atoms with Crippen LogP contribution >= 0.6 is 8.15 Å². The number of para-hydroxylation sites is 1. The van der Waals surface area contributed by atoms with E-state index in [0.717, 1.165) is 34.6 Å². The van der Waals surface area contributed by atoms with Crippen LogP contribution in [0.3, 0.4) is 0 Å². The van der Waals surface area contributed by atoms with E-state index >= 15 is 0 Å². The average molecular weight is 477 g/mol. The van der Waals surface area contributed by atoms with E-state index in [4.69, 9.17) is 9.26 Å². The van der Waals surface area contributed by atoms with Crippen LogP contribution in [0.15, 0.2) is 103 Å². The highest BCUT2D eigenvalue weighted by molar-refractivity contribution is 7.62. The molecule has 4 aromatic carbocycles. The smallest absolute Gasteiger partial charge is 0.131 e. The van der Waals surface area contributed by atoms with Crippen molar-refractivity contribution in [2.75, 3.05) is 7.11 Å². The van der Waals surface area contributed by atoms with Gasteiger partial charge in [0.25, 0.3) is 0 Å². The van der Waals surface area contributed by atoms with E-state index in [1.54, 1.807) is 13.2 Å². The predicted molar refractivity (Wildman–Crippen MR) is 145 cm³/mol. The summed E-state index contributed by atoms with van der Waals surface area (Å²) in [6.07, 6.45) is 7.37. The molecule has 0 saturated heterocycles. The van der Waals surface area contributed by atoms with E-state index in [9.17, 15) is 5.11 Å². The zero-order chi connectivity index (χ0) is 23.8. The van der Waals surface area contributed by atoms with Gasteiger partial charge in [-0.2, -0.15) is 0 Å². The van der Waals surface area contributed by atoms with Crippen molar-refractivity contribution in [2.45, 2.75) is 12.1 Å².